The number of halogens is 2. The lowest BCUT2D eigenvalue weighted by Crippen LogP contribution is -1.94. The average Bonchev–Trinajstić information content (AvgIpc) is 2.66. The van der Waals surface area contributed by atoms with Crippen LogP contribution in [0.1, 0.15) is 5.82 Å². The van der Waals surface area contributed by atoms with Crippen molar-refractivity contribution in [2.45, 2.75) is 0 Å². The van der Waals surface area contributed by atoms with Crippen molar-refractivity contribution < 1.29 is 0 Å². The van der Waals surface area contributed by atoms with Gasteiger partial charge in [0, 0.05) is 15.6 Å². The number of fused-ring (bicyclic) bond motifs is 3. The summed E-state index contributed by atoms with van der Waals surface area (Å²) in [6.07, 6.45) is 0. The van der Waals surface area contributed by atoms with Gasteiger partial charge in [-0.1, -0.05) is 27.5 Å². The second kappa shape index (κ2) is 2.92. The molecule has 1 aliphatic rings. The molecule has 1 aromatic carbocycles. The molecule has 3 rings (SSSR count). The third kappa shape index (κ3) is 1.09. The van der Waals surface area contributed by atoms with Crippen molar-refractivity contribution in [1.82, 2.24) is 9.66 Å². The molecule has 14 heavy (non-hydrogen) atoms. The lowest BCUT2D eigenvalue weighted by atomic mass is 10.3. The van der Waals surface area contributed by atoms with Gasteiger partial charge in [-0.15, -0.1) is 4.47 Å². The Balaban J connectivity index is 2.43. The van der Waals surface area contributed by atoms with E-state index in [9.17, 15) is 0 Å². The fraction of sp³-hybridized carbons (Fsp3) is 0. The molecule has 2 aromatic rings. The fourth-order valence-electron chi connectivity index (χ4n) is 1.37. The minimum atomic E-state index is 0.623. The molecule has 0 unspecified atom stereocenters. The Morgan fingerprint density at radius 3 is 3.14 bits per heavy atom. The van der Waals surface area contributed by atoms with Gasteiger partial charge in [-0.2, -0.15) is 0 Å². The molecule has 70 valence electrons. The van der Waals surface area contributed by atoms with Crippen molar-refractivity contribution in [1.29, 1.82) is 0 Å². The zero-order valence-electron chi connectivity index (χ0n) is 6.74. The summed E-state index contributed by atoms with van der Waals surface area (Å²) >= 11 is 10.6. The van der Waals surface area contributed by atoms with Gasteiger partial charge in [0.15, 0.2) is 10.1 Å². The second-order valence-electron chi connectivity index (χ2n) is 2.83. The number of benzene rings is 1. The third-order valence-electron chi connectivity index (χ3n) is 1.97. The van der Waals surface area contributed by atoms with Gasteiger partial charge in [0.05, 0.1) is 11.0 Å². The minimum absolute atomic E-state index is 0.623. The molecular formula is C8H3BrClN3S. The molecule has 0 N–H and O–H groups in total. The largest absolute Gasteiger partial charge is 0.225 e. The highest BCUT2D eigenvalue weighted by Crippen LogP contribution is 2.23. The summed E-state index contributed by atoms with van der Waals surface area (Å²) in [6.45, 7) is 0. The van der Waals surface area contributed by atoms with Crippen LogP contribution in [0.25, 0.3) is 11.0 Å². The van der Waals surface area contributed by atoms with Crippen molar-refractivity contribution in [2.75, 3.05) is 0 Å². The maximum absolute atomic E-state index is 5.94. The molecule has 0 bridgehead atoms. The van der Waals surface area contributed by atoms with Crippen LogP contribution in [0.15, 0.2) is 27.1 Å². The molecule has 0 saturated carbocycles. The number of imidazole rings is 1. The molecule has 0 saturated heterocycles. The number of hydrogen-bond acceptors (Lipinski definition) is 2. The van der Waals surface area contributed by atoms with Crippen LogP contribution < -0.4 is 0 Å². The van der Waals surface area contributed by atoms with E-state index in [0.717, 1.165) is 21.3 Å². The van der Waals surface area contributed by atoms with E-state index >= 15 is 0 Å². The van der Waals surface area contributed by atoms with E-state index in [0.29, 0.717) is 4.32 Å². The van der Waals surface area contributed by atoms with Crippen molar-refractivity contribution in [3.63, 3.8) is 0 Å². The number of nitrogens with zero attached hydrogens (tertiary/aromatic N) is 3. The van der Waals surface area contributed by atoms with E-state index in [1.54, 1.807) is 4.68 Å². The topological polar surface area (TPSA) is 30.2 Å². The first-order valence-electron chi connectivity index (χ1n) is 3.85. The maximum atomic E-state index is 5.94. The van der Waals surface area contributed by atoms with Gasteiger partial charge >= 0.3 is 0 Å². The summed E-state index contributed by atoms with van der Waals surface area (Å²) in [7, 11) is 0. The van der Waals surface area contributed by atoms with Gasteiger partial charge in [0.25, 0.3) is 0 Å². The fourth-order valence-corrected chi connectivity index (χ4v) is 2.46. The molecular weight excluding hydrogens is 286 g/mol. The molecule has 0 aliphatic carbocycles. The molecule has 6 heteroatoms. The van der Waals surface area contributed by atoms with Crippen LogP contribution in [0.5, 0.6) is 0 Å². The summed E-state index contributed by atoms with van der Waals surface area (Å²) in [5, 5.41) is 0. The molecule has 0 fully saturated rings. The summed E-state index contributed by atoms with van der Waals surface area (Å²) < 4.78 is 7.57. The van der Waals surface area contributed by atoms with Crippen molar-refractivity contribution >= 4 is 54.0 Å². The number of aromatic nitrogens is 2. The summed E-state index contributed by atoms with van der Waals surface area (Å²) in [4.78, 5) is 4.38. The van der Waals surface area contributed by atoms with Crippen molar-refractivity contribution in [2.24, 2.45) is 4.47 Å². The smallest absolute Gasteiger partial charge is 0.186 e. The molecule has 0 radical (unpaired) electrons. The minimum Gasteiger partial charge on any atom is -0.225 e. The Bertz CT molecular complexity index is 612. The van der Waals surface area contributed by atoms with Gasteiger partial charge in [-0.3, -0.25) is 0 Å². The zero-order chi connectivity index (χ0) is 9.71. The Morgan fingerprint density at radius 1 is 1.43 bits per heavy atom. The molecule has 3 nitrogen and oxygen atoms in total. The lowest BCUT2D eigenvalue weighted by Gasteiger charge is -1.92. The van der Waals surface area contributed by atoms with Crippen molar-refractivity contribution in [3.05, 3.63) is 28.5 Å². The van der Waals surface area contributed by atoms with E-state index < -0.39 is 0 Å². The van der Waals surface area contributed by atoms with Crippen LogP contribution in [0, 0.1) is 0 Å². The van der Waals surface area contributed by atoms with Crippen LogP contribution >= 0.6 is 27.5 Å². The van der Waals surface area contributed by atoms with Gasteiger partial charge in [0.1, 0.15) is 0 Å². The predicted molar refractivity (Wildman–Crippen MR) is 62.6 cm³/mol. The van der Waals surface area contributed by atoms with Crippen LogP contribution in [0.2, 0.25) is 0 Å². The SMILES string of the molecule is ClC1=S=Nn2c1nc1cc(Br)ccc12. The highest BCUT2D eigenvalue weighted by molar-refractivity contribution is 9.10. The summed E-state index contributed by atoms with van der Waals surface area (Å²) in [5.41, 5.74) is 1.88. The summed E-state index contributed by atoms with van der Waals surface area (Å²) in [5.74, 6) is 0.727. The van der Waals surface area contributed by atoms with Gasteiger partial charge in [0.2, 0.25) is 0 Å². The van der Waals surface area contributed by atoms with E-state index in [2.05, 4.69) is 25.4 Å². The van der Waals surface area contributed by atoms with Gasteiger partial charge < -0.3 is 0 Å². The lowest BCUT2D eigenvalue weighted by molar-refractivity contribution is 0.927. The first kappa shape index (κ1) is 8.64. The van der Waals surface area contributed by atoms with Crippen LogP contribution in [-0.2, 0) is 11.1 Å². The van der Waals surface area contributed by atoms with Crippen molar-refractivity contribution in [3.8, 4) is 0 Å². The Hall–Kier alpha value is -0.650. The number of hydrogen-bond donors (Lipinski definition) is 0. The monoisotopic (exact) mass is 287 g/mol. The van der Waals surface area contributed by atoms with E-state index in [4.69, 9.17) is 11.6 Å². The van der Waals surface area contributed by atoms with Crippen LogP contribution in [0.4, 0.5) is 0 Å². The van der Waals surface area contributed by atoms with Gasteiger partial charge in [-0.05, 0) is 18.2 Å². The van der Waals surface area contributed by atoms with Crippen LogP contribution in [-0.4, -0.2) is 14.0 Å². The summed E-state index contributed by atoms with van der Waals surface area (Å²) in [6, 6.07) is 5.88. The third-order valence-corrected chi connectivity index (χ3v) is 3.43. The highest BCUT2D eigenvalue weighted by atomic mass is 79.9. The molecule has 0 spiro atoms. The van der Waals surface area contributed by atoms with E-state index in [-0.39, 0.29) is 0 Å². The van der Waals surface area contributed by atoms with Gasteiger partial charge in [-0.25, -0.2) is 9.66 Å². The molecule has 0 amide bonds. The maximum Gasteiger partial charge on any atom is 0.186 e. The molecule has 0 atom stereocenters. The molecule has 1 aromatic heterocycles. The number of rotatable bonds is 0. The quantitative estimate of drug-likeness (QED) is 0.541. The van der Waals surface area contributed by atoms with E-state index in [1.165, 1.54) is 11.1 Å². The van der Waals surface area contributed by atoms with E-state index in [1.807, 2.05) is 18.2 Å². The first-order chi connectivity index (χ1) is 6.75. The Kier molecular flexibility index (Phi) is 1.80. The predicted octanol–water partition coefficient (Wildman–Crippen LogP) is 2.56. The average molecular weight is 289 g/mol. The Labute approximate surface area is 96.5 Å². The molecule has 2 heterocycles. The zero-order valence-corrected chi connectivity index (χ0v) is 9.90. The normalized spacial score (nSPS) is 14.0. The molecule has 1 aliphatic heterocycles. The second-order valence-corrected chi connectivity index (χ2v) is 5.10. The van der Waals surface area contributed by atoms with Crippen LogP contribution in [0.3, 0.4) is 0 Å². The first-order valence-corrected chi connectivity index (χ1v) is 5.79. The Morgan fingerprint density at radius 2 is 2.29 bits per heavy atom. The highest BCUT2D eigenvalue weighted by Gasteiger charge is 2.16. The standard InChI is InChI=1S/C8H3BrClN3S/c9-4-1-2-6-5(3-4)11-8-7(10)14-12-13(6)8/h1-3H.